The monoisotopic (exact) mass is 271 g/mol. The van der Waals surface area contributed by atoms with Gasteiger partial charge in [-0.05, 0) is 44.4 Å². The zero-order chi connectivity index (χ0) is 14.5. The minimum Gasteiger partial charge on any atom is -0.307 e. The van der Waals surface area contributed by atoms with Crippen molar-refractivity contribution in [2.45, 2.75) is 39.3 Å². The molecule has 0 aliphatic heterocycles. The minimum absolute atomic E-state index is 0.121. The van der Waals surface area contributed by atoms with Crippen LogP contribution < -0.4 is 5.32 Å². The first-order valence-electron chi connectivity index (χ1n) is 7.12. The third-order valence-electron chi connectivity index (χ3n) is 3.60. The molecule has 2 heteroatoms. The first-order valence-corrected chi connectivity index (χ1v) is 7.12. The first kappa shape index (κ1) is 14.7. The molecule has 1 unspecified atom stereocenters. The number of nitrogens with one attached hydrogen (secondary N) is 1. The molecule has 0 bridgehead atoms. The molecule has 0 spiro atoms. The largest absolute Gasteiger partial charge is 0.307 e. The Balaban J connectivity index is 1.96. The van der Waals surface area contributed by atoms with Gasteiger partial charge in [0.2, 0.25) is 0 Å². The average Bonchev–Trinajstić information content (AvgIpc) is 2.42. The summed E-state index contributed by atoms with van der Waals surface area (Å²) in [6.07, 6.45) is 0.697. The summed E-state index contributed by atoms with van der Waals surface area (Å²) in [7, 11) is 0. The second-order valence-corrected chi connectivity index (χ2v) is 5.50. The number of rotatable bonds is 5. The van der Waals surface area contributed by atoms with Crippen molar-refractivity contribution in [1.82, 2.24) is 5.32 Å². The van der Waals surface area contributed by atoms with Crippen molar-refractivity contribution in [3.63, 3.8) is 0 Å². The van der Waals surface area contributed by atoms with Crippen LogP contribution in [0.15, 0.2) is 48.5 Å². The van der Waals surface area contributed by atoms with Crippen molar-refractivity contribution in [3.05, 3.63) is 71.0 Å². The van der Waals surface area contributed by atoms with Crippen molar-refractivity contribution < 1.29 is 4.39 Å². The Kier molecular flexibility index (Phi) is 4.91. The van der Waals surface area contributed by atoms with E-state index in [0.717, 1.165) is 5.56 Å². The summed E-state index contributed by atoms with van der Waals surface area (Å²) in [5.41, 5.74) is 3.29. The molecule has 0 amide bonds. The first-order chi connectivity index (χ1) is 9.56. The molecular weight excluding hydrogens is 249 g/mol. The smallest absolute Gasteiger partial charge is 0.126 e. The number of aryl methyl sites for hydroxylation is 1. The van der Waals surface area contributed by atoms with Crippen LogP contribution in [-0.2, 0) is 6.42 Å². The SMILES string of the molecule is Cc1ccc([C@@H](C)NC(C)Cc2ccccc2F)cc1. The van der Waals surface area contributed by atoms with Crippen molar-refractivity contribution in [2.24, 2.45) is 0 Å². The number of halogens is 1. The summed E-state index contributed by atoms with van der Waals surface area (Å²) in [5, 5.41) is 3.52. The average molecular weight is 271 g/mol. The lowest BCUT2D eigenvalue weighted by atomic mass is 10.0. The Morgan fingerprint density at radius 2 is 1.65 bits per heavy atom. The van der Waals surface area contributed by atoms with Crippen molar-refractivity contribution in [1.29, 1.82) is 0 Å². The quantitative estimate of drug-likeness (QED) is 0.849. The molecular formula is C18H22FN. The van der Waals surface area contributed by atoms with Gasteiger partial charge in [0.15, 0.2) is 0 Å². The van der Waals surface area contributed by atoms with Crippen LogP contribution >= 0.6 is 0 Å². The Hall–Kier alpha value is -1.67. The molecule has 2 aromatic rings. The molecule has 2 atom stereocenters. The topological polar surface area (TPSA) is 12.0 Å². The second-order valence-electron chi connectivity index (χ2n) is 5.50. The van der Waals surface area contributed by atoms with Gasteiger partial charge in [-0.1, -0.05) is 48.0 Å². The van der Waals surface area contributed by atoms with E-state index in [1.807, 2.05) is 12.1 Å². The fourth-order valence-electron chi connectivity index (χ4n) is 2.43. The Morgan fingerprint density at radius 1 is 1.00 bits per heavy atom. The zero-order valence-corrected chi connectivity index (χ0v) is 12.4. The van der Waals surface area contributed by atoms with Gasteiger partial charge >= 0.3 is 0 Å². The van der Waals surface area contributed by atoms with E-state index in [2.05, 4.69) is 50.4 Å². The zero-order valence-electron chi connectivity index (χ0n) is 12.4. The Morgan fingerprint density at radius 3 is 2.30 bits per heavy atom. The van der Waals surface area contributed by atoms with E-state index >= 15 is 0 Å². The molecule has 1 N–H and O–H groups in total. The van der Waals surface area contributed by atoms with Crippen LogP contribution in [-0.4, -0.2) is 6.04 Å². The molecule has 1 nitrogen and oxygen atoms in total. The van der Waals surface area contributed by atoms with E-state index in [9.17, 15) is 4.39 Å². The van der Waals surface area contributed by atoms with Crippen LogP contribution in [0.25, 0.3) is 0 Å². The highest BCUT2D eigenvalue weighted by molar-refractivity contribution is 5.24. The summed E-state index contributed by atoms with van der Waals surface area (Å²) in [6, 6.07) is 16.0. The predicted octanol–water partition coefficient (Wildman–Crippen LogP) is 4.42. The second kappa shape index (κ2) is 6.67. The molecule has 0 aliphatic carbocycles. The maximum Gasteiger partial charge on any atom is 0.126 e. The van der Waals surface area contributed by atoms with E-state index in [1.54, 1.807) is 6.07 Å². The molecule has 0 aromatic heterocycles. The highest BCUT2D eigenvalue weighted by Gasteiger charge is 2.11. The van der Waals surface area contributed by atoms with Gasteiger partial charge in [0, 0.05) is 12.1 Å². The van der Waals surface area contributed by atoms with Gasteiger partial charge in [-0.2, -0.15) is 0 Å². The summed E-state index contributed by atoms with van der Waals surface area (Å²) >= 11 is 0. The lowest BCUT2D eigenvalue weighted by molar-refractivity contribution is 0.469. The molecule has 106 valence electrons. The van der Waals surface area contributed by atoms with Crippen molar-refractivity contribution in [2.75, 3.05) is 0 Å². The summed E-state index contributed by atoms with van der Waals surface area (Å²) < 4.78 is 13.6. The molecule has 0 saturated carbocycles. The van der Waals surface area contributed by atoms with E-state index in [0.29, 0.717) is 6.42 Å². The molecule has 2 aromatic carbocycles. The highest BCUT2D eigenvalue weighted by Crippen LogP contribution is 2.15. The fourth-order valence-corrected chi connectivity index (χ4v) is 2.43. The number of hydrogen-bond donors (Lipinski definition) is 1. The Labute approximate surface area is 120 Å². The van der Waals surface area contributed by atoms with Gasteiger partial charge in [0.1, 0.15) is 5.82 Å². The van der Waals surface area contributed by atoms with Crippen molar-refractivity contribution >= 4 is 0 Å². The van der Waals surface area contributed by atoms with Gasteiger partial charge < -0.3 is 5.32 Å². The van der Waals surface area contributed by atoms with E-state index in [-0.39, 0.29) is 17.9 Å². The van der Waals surface area contributed by atoms with Gasteiger partial charge in [0.25, 0.3) is 0 Å². The van der Waals surface area contributed by atoms with Gasteiger partial charge in [-0.3, -0.25) is 0 Å². The van der Waals surface area contributed by atoms with E-state index in [1.165, 1.54) is 17.2 Å². The van der Waals surface area contributed by atoms with Crippen LogP contribution in [0.1, 0.15) is 36.6 Å². The van der Waals surface area contributed by atoms with Crippen LogP contribution in [0.5, 0.6) is 0 Å². The molecule has 0 saturated heterocycles. The summed E-state index contributed by atoms with van der Waals surface area (Å²) in [4.78, 5) is 0. The molecule has 0 heterocycles. The molecule has 2 rings (SSSR count). The molecule has 0 aliphatic rings. The molecule has 20 heavy (non-hydrogen) atoms. The van der Waals surface area contributed by atoms with Crippen LogP contribution in [0.3, 0.4) is 0 Å². The van der Waals surface area contributed by atoms with Gasteiger partial charge in [-0.25, -0.2) is 4.39 Å². The Bertz CT molecular complexity index is 548. The third kappa shape index (κ3) is 3.91. The highest BCUT2D eigenvalue weighted by atomic mass is 19.1. The van der Waals surface area contributed by atoms with Gasteiger partial charge in [0.05, 0.1) is 0 Å². The lowest BCUT2D eigenvalue weighted by Gasteiger charge is -2.21. The molecule has 0 fully saturated rings. The van der Waals surface area contributed by atoms with E-state index in [4.69, 9.17) is 0 Å². The number of hydrogen-bond acceptors (Lipinski definition) is 1. The van der Waals surface area contributed by atoms with Crippen LogP contribution in [0, 0.1) is 12.7 Å². The summed E-state index contributed by atoms with van der Waals surface area (Å²) in [6.45, 7) is 6.32. The molecule has 0 radical (unpaired) electrons. The minimum atomic E-state index is -0.121. The van der Waals surface area contributed by atoms with Crippen LogP contribution in [0.4, 0.5) is 4.39 Å². The lowest BCUT2D eigenvalue weighted by Crippen LogP contribution is -2.31. The fraction of sp³-hybridized carbons (Fsp3) is 0.333. The standard InChI is InChI=1S/C18H22FN/c1-13-8-10-16(11-9-13)15(3)20-14(2)12-17-6-4-5-7-18(17)19/h4-11,14-15,20H,12H2,1-3H3/t14?,15-/m1/s1. The maximum absolute atomic E-state index is 13.6. The van der Waals surface area contributed by atoms with Crippen molar-refractivity contribution in [3.8, 4) is 0 Å². The normalized spacial score (nSPS) is 14.0. The van der Waals surface area contributed by atoms with Gasteiger partial charge in [-0.15, -0.1) is 0 Å². The number of benzene rings is 2. The van der Waals surface area contributed by atoms with Crippen LogP contribution in [0.2, 0.25) is 0 Å². The summed E-state index contributed by atoms with van der Waals surface area (Å²) in [5.74, 6) is -0.121. The predicted molar refractivity (Wildman–Crippen MR) is 82.3 cm³/mol. The van der Waals surface area contributed by atoms with E-state index < -0.39 is 0 Å². The maximum atomic E-state index is 13.6. The third-order valence-corrected chi connectivity index (χ3v) is 3.60.